The summed E-state index contributed by atoms with van der Waals surface area (Å²) >= 11 is 0. The van der Waals surface area contributed by atoms with Crippen LogP contribution in [0.2, 0.25) is 0 Å². The predicted octanol–water partition coefficient (Wildman–Crippen LogP) is 2.25. The molecule has 0 radical (unpaired) electrons. The minimum Gasteiger partial charge on any atom is -0.507 e. The van der Waals surface area contributed by atoms with Gasteiger partial charge in [-0.15, -0.1) is 0 Å². The highest BCUT2D eigenvalue weighted by atomic mass is 16.5. The Morgan fingerprint density at radius 1 is 1.08 bits per heavy atom. The molecular formula is C20H22NO5+. The Hall–Kier alpha value is -2.99. The minimum atomic E-state index is -0.269. The summed E-state index contributed by atoms with van der Waals surface area (Å²) < 4.78 is 16.8. The molecule has 0 saturated carbocycles. The Morgan fingerprint density at radius 3 is 2.35 bits per heavy atom. The van der Waals surface area contributed by atoms with E-state index in [1.54, 1.807) is 44.4 Å². The number of hydrogen-bond donors (Lipinski definition) is 2. The summed E-state index contributed by atoms with van der Waals surface area (Å²) in [4.78, 5) is 14.0. The van der Waals surface area contributed by atoms with E-state index in [-0.39, 0.29) is 16.9 Å². The molecule has 1 heterocycles. The number of benzene rings is 2. The number of phenols is 1. The number of nitrogens with one attached hydrogen (secondary N) is 1. The molecule has 2 N–H and O–H groups in total. The van der Waals surface area contributed by atoms with Crippen LogP contribution in [0.3, 0.4) is 0 Å². The lowest BCUT2D eigenvalue weighted by molar-refractivity contribution is -0.872. The van der Waals surface area contributed by atoms with E-state index >= 15 is 0 Å². The van der Waals surface area contributed by atoms with Crippen molar-refractivity contribution in [3.8, 4) is 23.0 Å². The van der Waals surface area contributed by atoms with Crippen molar-refractivity contribution in [3.05, 3.63) is 57.9 Å². The van der Waals surface area contributed by atoms with E-state index in [0.29, 0.717) is 40.3 Å². The predicted molar refractivity (Wildman–Crippen MR) is 98.5 cm³/mol. The molecule has 3 rings (SSSR count). The van der Waals surface area contributed by atoms with Gasteiger partial charge >= 0.3 is 0 Å². The molecule has 136 valence electrons. The summed E-state index contributed by atoms with van der Waals surface area (Å²) in [7, 11) is 5.51. The normalized spacial score (nSPS) is 11.1. The van der Waals surface area contributed by atoms with Gasteiger partial charge in [-0.25, -0.2) is 0 Å². The summed E-state index contributed by atoms with van der Waals surface area (Å²) in [6, 6.07) is 10.0. The van der Waals surface area contributed by atoms with Crippen molar-refractivity contribution in [1.29, 1.82) is 0 Å². The molecule has 0 fully saturated rings. The van der Waals surface area contributed by atoms with Crippen LogP contribution in [0.4, 0.5) is 0 Å². The quantitative estimate of drug-likeness (QED) is 0.734. The van der Waals surface area contributed by atoms with Gasteiger partial charge < -0.3 is 23.9 Å². The van der Waals surface area contributed by atoms with Crippen LogP contribution in [0.25, 0.3) is 11.0 Å². The highest BCUT2D eigenvalue weighted by molar-refractivity contribution is 5.83. The lowest BCUT2D eigenvalue weighted by Gasteiger charge is -2.13. The standard InChI is InChI=1S/C20H21NO5/c1-12-19(26-14-7-5-13(24-4)6-8-14)18(23)15-9-10-17(22)16(11-21(2)3)20(15)25-12/h5-10,22H,11H2,1-4H3/p+1. The number of fused-ring (bicyclic) bond motifs is 1. The Morgan fingerprint density at radius 2 is 1.73 bits per heavy atom. The van der Waals surface area contributed by atoms with Crippen LogP contribution in [-0.2, 0) is 6.54 Å². The van der Waals surface area contributed by atoms with Crippen LogP contribution in [0.1, 0.15) is 11.3 Å². The third-order valence-electron chi connectivity index (χ3n) is 4.07. The number of hydrogen-bond acceptors (Lipinski definition) is 5. The molecule has 0 aliphatic carbocycles. The van der Waals surface area contributed by atoms with Crippen molar-refractivity contribution in [2.75, 3.05) is 21.2 Å². The summed E-state index contributed by atoms with van der Waals surface area (Å²) in [6.07, 6.45) is 0. The molecule has 0 saturated heterocycles. The molecular weight excluding hydrogens is 334 g/mol. The lowest BCUT2D eigenvalue weighted by atomic mass is 10.1. The Labute approximate surface area is 151 Å². The van der Waals surface area contributed by atoms with Gasteiger partial charge in [0.2, 0.25) is 11.2 Å². The van der Waals surface area contributed by atoms with Crippen LogP contribution in [0.5, 0.6) is 23.0 Å². The molecule has 0 bridgehead atoms. The van der Waals surface area contributed by atoms with Crippen molar-refractivity contribution in [1.82, 2.24) is 0 Å². The zero-order valence-corrected chi connectivity index (χ0v) is 15.3. The third-order valence-corrected chi connectivity index (χ3v) is 4.07. The van der Waals surface area contributed by atoms with Crippen LogP contribution in [-0.4, -0.2) is 26.3 Å². The Kier molecular flexibility index (Phi) is 4.86. The van der Waals surface area contributed by atoms with Gasteiger partial charge in [-0.1, -0.05) is 0 Å². The summed E-state index contributed by atoms with van der Waals surface area (Å²) in [6.45, 7) is 2.21. The number of methoxy groups -OCH3 is 1. The molecule has 3 aromatic rings. The first-order chi connectivity index (χ1) is 12.4. The average Bonchev–Trinajstić information content (AvgIpc) is 2.61. The van der Waals surface area contributed by atoms with Crippen molar-refractivity contribution < 1.29 is 23.9 Å². The molecule has 0 atom stereocenters. The van der Waals surface area contributed by atoms with Gasteiger partial charge in [0.25, 0.3) is 0 Å². The second-order valence-electron chi connectivity index (χ2n) is 6.42. The van der Waals surface area contributed by atoms with E-state index in [4.69, 9.17) is 13.9 Å². The second kappa shape index (κ2) is 7.09. The molecule has 0 amide bonds. The van der Waals surface area contributed by atoms with Gasteiger partial charge in [0.1, 0.15) is 29.6 Å². The molecule has 0 unspecified atom stereocenters. The van der Waals surface area contributed by atoms with E-state index in [1.807, 2.05) is 14.1 Å². The molecule has 0 spiro atoms. The number of aromatic hydroxyl groups is 1. The molecule has 6 heteroatoms. The smallest absolute Gasteiger partial charge is 0.235 e. The summed E-state index contributed by atoms with van der Waals surface area (Å²) in [5, 5.41) is 10.6. The lowest BCUT2D eigenvalue weighted by Crippen LogP contribution is -3.04. The van der Waals surface area contributed by atoms with Crippen LogP contribution < -0.4 is 19.8 Å². The van der Waals surface area contributed by atoms with Crippen LogP contribution >= 0.6 is 0 Å². The van der Waals surface area contributed by atoms with E-state index in [9.17, 15) is 9.90 Å². The van der Waals surface area contributed by atoms with E-state index in [2.05, 4.69) is 0 Å². The number of quaternary nitrogens is 1. The number of phenolic OH excluding ortho intramolecular Hbond substituents is 1. The fourth-order valence-electron chi connectivity index (χ4n) is 2.80. The fraction of sp³-hybridized carbons (Fsp3) is 0.250. The first kappa shape index (κ1) is 17.8. The van der Waals surface area contributed by atoms with Gasteiger partial charge in [0.15, 0.2) is 5.58 Å². The van der Waals surface area contributed by atoms with E-state index < -0.39 is 0 Å². The summed E-state index contributed by atoms with van der Waals surface area (Å²) in [5.41, 5.74) is 0.740. The maximum atomic E-state index is 12.9. The molecule has 6 nitrogen and oxygen atoms in total. The first-order valence-electron chi connectivity index (χ1n) is 8.30. The van der Waals surface area contributed by atoms with Gasteiger partial charge in [-0.3, -0.25) is 4.79 Å². The molecule has 0 aliphatic heterocycles. The molecule has 2 aromatic carbocycles. The number of aryl methyl sites for hydroxylation is 1. The zero-order chi connectivity index (χ0) is 18.8. The topological polar surface area (TPSA) is 73.3 Å². The Bertz CT molecular complexity index is 990. The van der Waals surface area contributed by atoms with E-state index in [0.717, 1.165) is 4.90 Å². The van der Waals surface area contributed by atoms with Crippen LogP contribution in [0.15, 0.2) is 45.6 Å². The number of ether oxygens (including phenoxy) is 2. The minimum absolute atomic E-state index is 0.116. The highest BCUT2D eigenvalue weighted by Gasteiger charge is 2.19. The van der Waals surface area contributed by atoms with Crippen molar-refractivity contribution >= 4 is 11.0 Å². The molecule has 1 aromatic heterocycles. The first-order valence-corrected chi connectivity index (χ1v) is 8.30. The second-order valence-corrected chi connectivity index (χ2v) is 6.42. The Balaban J connectivity index is 2.10. The highest BCUT2D eigenvalue weighted by Crippen LogP contribution is 2.30. The maximum Gasteiger partial charge on any atom is 0.235 e. The van der Waals surface area contributed by atoms with Gasteiger partial charge in [0.05, 0.1) is 32.2 Å². The molecule has 26 heavy (non-hydrogen) atoms. The SMILES string of the molecule is COc1ccc(Oc2c(C)oc3c(C[NH+](C)C)c(O)ccc3c2=O)cc1. The largest absolute Gasteiger partial charge is 0.507 e. The van der Waals surface area contributed by atoms with Crippen molar-refractivity contribution in [3.63, 3.8) is 0 Å². The maximum absolute atomic E-state index is 12.9. The fourth-order valence-corrected chi connectivity index (χ4v) is 2.80. The van der Waals surface area contributed by atoms with Crippen molar-refractivity contribution in [2.45, 2.75) is 13.5 Å². The third kappa shape index (κ3) is 3.36. The average molecular weight is 356 g/mol. The monoisotopic (exact) mass is 356 g/mol. The van der Waals surface area contributed by atoms with E-state index in [1.165, 1.54) is 6.07 Å². The number of rotatable bonds is 5. The van der Waals surface area contributed by atoms with Gasteiger partial charge in [-0.05, 0) is 43.3 Å². The van der Waals surface area contributed by atoms with Crippen LogP contribution in [0, 0.1) is 6.92 Å². The summed E-state index contributed by atoms with van der Waals surface area (Å²) in [5.74, 6) is 1.82. The van der Waals surface area contributed by atoms with Gasteiger partial charge in [0, 0.05) is 0 Å². The van der Waals surface area contributed by atoms with Crippen molar-refractivity contribution in [2.24, 2.45) is 0 Å². The molecule has 0 aliphatic rings. The van der Waals surface area contributed by atoms with Gasteiger partial charge in [-0.2, -0.15) is 0 Å². The zero-order valence-electron chi connectivity index (χ0n) is 15.3.